The van der Waals surface area contributed by atoms with Gasteiger partial charge in [-0.1, -0.05) is 5.16 Å². The Morgan fingerprint density at radius 3 is 2.77 bits per heavy atom. The van der Waals surface area contributed by atoms with Crippen molar-refractivity contribution in [3.05, 3.63) is 18.0 Å². The van der Waals surface area contributed by atoms with Gasteiger partial charge in [0, 0.05) is 6.07 Å². The van der Waals surface area contributed by atoms with Crippen LogP contribution in [0.2, 0.25) is 0 Å². The first-order chi connectivity index (χ1) is 5.29. The minimum Gasteiger partial charge on any atom is -0.391 e. The van der Waals surface area contributed by atoms with E-state index in [1.165, 1.54) is 0 Å². The molecule has 0 amide bonds. The molecule has 4 nitrogen and oxygen atoms in total. The quantitative estimate of drug-likeness (QED) is 0.849. The molecule has 0 bridgehead atoms. The van der Waals surface area contributed by atoms with Crippen molar-refractivity contribution in [3.8, 4) is 0 Å². The lowest BCUT2D eigenvalue weighted by atomic mass is 10.4. The summed E-state index contributed by atoms with van der Waals surface area (Å²) < 4.78 is 9.81. The smallest absolute Gasteiger partial charge is 0.162 e. The van der Waals surface area contributed by atoms with E-state index in [9.17, 15) is 0 Å². The largest absolute Gasteiger partial charge is 0.391 e. The second-order valence-corrected chi connectivity index (χ2v) is 2.34. The summed E-state index contributed by atoms with van der Waals surface area (Å²) in [7, 11) is 0. The van der Waals surface area contributed by atoms with Crippen LogP contribution in [0, 0.1) is 0 Å². The molecule has 1 rings (SSSR count). The number of hydrogen-bond donors (Lipinski definition) is 1. The second kappa shape index (κ2) is 8.31. The number of ether oxygens (including phenoxy) is 1. The van der Waals surface area contributed by atoms with E-state index in [0.717, 1.165) is 0 Å². The van der Waals surface area contributed by atoms with Crippen molar-refractivity contribution in [2.75, 3.05) is 6.61 Å². The van der Waals surface area contributed by atoms with E-state index in [-0.39, 0.29) is 24.8 Å². The molecule has 0 aromatic carbocycles. The van der Waals surface area contributed by atoms with Crippen molar-refractivity contribution in [2.24, 2.45) is 0 Å². The molecule has 0 radical (unpaired) electrons. The Labute approximate surface area is 89.1 Å². The van der Waals surface area contributed by atoms with Crippen molar-refractivity contribution in [3.63, 3.8) is 0 Å². The number of halogens is 2. The number of hydrogen-bond acceptors (Lipinski definition) is 4. The Kier molecular flexibility index (Phi) is 9.72. The summed E-state index contributed by atoms with van der Waals surface area (Å²) in [6.45, 7) is 2.35. The highest BCUT2D eigenvalue weighted by Crippen LogP contribution is 1.98. The molecule has 0 spiro atoms. The van der Waals surface area contributed by atoms with Crippen LogP contribution in [0.1, 0.15) is 12.7 Å². The van der Waals surface area contributed by atoms with Gasteiger partial charge in [-0.2, -0.15) is 0 Å². The lowest BCUT2D eigenvalue weighted by Gasteiger charge is -2.02. The van der Waals surface area contributed by atoms with Crippen LogP contribution >= 0.6 is 24.8 Å². The molecule has 0 aliphatic heterocycles. The zero-order chi connectivity index (χ0) is 8.10. The zero-order valence-corrected chi connectivity index (χ0v) is 8.81. The first kappa shape index (κ1) is 15.2. The molecule has 0 aliphatic rings. The summed E-state index contributed by atoms with van der Waals surface area (Å²) in [6.07, 6.45) is 1.12. The highest BCUT2D eigenvalue weighted by atomic mass is 35.5. The summed E-state index contributed by atoms with van der Waals surface area (Å²) >= 11 is 0. The molecule has 1 aromatic heterocycles. The van der Waals surface area contributed by atoms with Gasteiger partial charge >= 0.3 is 0 Å². The summed E-state index contributed by atoms with van der Waals surface area (Å²) in [5, 5.41) is 12.3. The van der Waals surface area contributed by atoms with Crippen molar-refractivity contribution in [1.29, 1.82) is 0 Å². The van der Waals surface area contributed by atoms with Gasteiger partial charge in [-0.3, -0.25) is 0 Å². The topological polar surface area (TPSA) is 55.5 Å². The highest BCUT2D eigenvalue weighted by Gasteiger charge is 1.98. The predicted octanol–water partition coefficient (Wildman–Crippen LogP) is 1.42. The molecule has 13 heavy (non-hydrogen) atoms. The molecule has 1 atom stereocenters. The summed E-state index contributed by atoms with van der Waals surface area (Å²) in [5.41, 5.74) is 0. The monoisotopic (exact) mass is 229 g/mol. The summed E-state index contributed by atoms with van der Waals surface area (Å²) in [6, 6.07) is 1.72. The number of aliphatic hydroxyl groups is 1. The van der Waals surface area contributed by atoms with E-state index in [1.807, 2.05) is 0 Å². The maximum absolute atomic E-state index is 8.81. The van der Waals surface area contributed by atoms with E-state index in [4.69, 9.17) is 14.4 Å². The van der Waals surface area contributed by atoms with Gasteiger partial charge in [-0.05, 0) is 6.92 Å². The molecule has 0 saturated carbocycles. The van der Waals surface area contributed by atoms with E-state index >= 15 is 0 Å². The van der Waals surface area contributed by atoms with Gasteiger partial charge in [-0.15, -0.1) is 24.8 Å². The number of rotatable bonds is 4. The van der Waals surface area contributed by atoms with Gasteiger partial charge in [0.25, 0.3) is 0 Å². The summed E-state index contributed by atoms with van der Waals surface area (Å²) in [5.74, 6) is 0.672. The zero-order valence-electron chi connectivity index (χ0n) is 7.17. The molecule has 1 heterocycles. The minimum atomic E-state index is -0.432. The van der Waals surface area contributed by atoms with E-state index in [0.29, 0.717) is 19.0 Å². The van der Waals surface area contributed by atoms with Gasteiger partial charge in [0.2, 0.25) is 0 Å². The molecule has 6 heteroatoms. The SMILES string of the molecule is CC(O)COCc1ccno1.Cl.Cl. The molecular weight excluding hydrogens is 217 g/mol. The van der Waals surface area contributed by atoms with Crippen LogP contribution in [0.5, 0.6) is 0 Å². The van der Waals surface area contributed by atoms with Crippen LogP contribution in [0.4, 0.5) is 0 Å². The van der Waals surface area contributed by atoms with Crippen LogP contribution in [-0.4, -0.2) is 23.0 Å². The fourth-order valence-electron chi connectivity index (χ4n) is 0.647. The number of aromatic nitrogens is 1. The van der Waals surface area contributed by atoms with Crippen LogP contribution in [0.15, 0.2) is 16.8 Å². The van der Waals surface area contributed by atoms with Crippen LogP contribution in [-0.2, 0) is 11.3 Å². The average Bonchev–Trinajstić information content (AvgIpc) is 2.39. The van der Waals surface area contributed by atoms with Gasteiger partial charge in [-0.25, -0.2) is 0 Å². The van der Waals surface area contributed by atoms with Crippen LogP contribution in [0.3, 0.4) is 0 Å². The first-order valence-corrected chi connectivity index (χ1v) is 3.44. The van der Waals surface area contributed by atoms with Gasteiger partial charge in [0.1, 0.15) is 6.61 Å². The third kappa shape index (κ3) is 6.83. The van der Waals surface area contributed by atoms with Gasteiger partial charge in [0.15, 0.2) is 5.76 Å². The second-order valence-electron chi connectivity index (χ2n) is 2.34. The molecule has 0 saturated heterocycles. The maximum Gasteiger partial charge on any atom is 0.162 e. The van der Waals surface area contributed by atoms with E-state index < -0.39 is 6.10 Å². The van der Waals surface area contributed by atoms with Crippen molar-refractivity contribution in [2.45, 2.75) is 19.6 Å². The fourth-order valence-corrected chi connectivity index (χ4v) is 0.647. The molecule has 1 aromatic rings. The lowest BCUT2D eigenvalue weighted by Crippen LogP contribution is -2.09. The Hall–Kier alpha value is -0.290. The molecule has 1 unspecified atom stereocenters. The van der Waals surface area contributed by atoms with Crippen molar-refractivity contribution in [1.82, 2.24) is 5.16 Å². The Balaban J connectivity index is 0. The Morgan fingerprint density at radius 1 is 1.62 bits per heavy atom. The van der Waals surface area contributed by atoms with E-state index in [1.54, 1.807) is 19.2 Å². The van der Waals surface area contributed by atoms with Crippen molar-refractivity contribution >= 4 is 24.8 Å². The molecule has 1 N–H and O–H groups in total. The predicted molar refractivity (Wildman–Crippen MR) is 52.3 cm³/mol. The molecular formula is C7H13Cl2NO3. The van der Waals surface area contributed by atoms with Gasteiger partial charge in [0.05, 0.1) is 18.9 Å². The van der Waals surface area contributed by atoms with Crippen molar-refractivity contribution < 1.29 is 14.4 Å². The molecule has 0 aliphatic carbocycles. The van der Waals surface area contributed by atoms with Gasteiger partial charge < -0.3 is 14.4 Å². The number of nitrogens with zero attached hydrogens (tertiary/aromatic N) is 1. The fraction of sp³-hybridized carbons (Fsp3) is 0.571. The van der Waals surface area contributed by atoms with Crippen LogP contribution < -0.4 is 0 Å². The first-order valence-electron chi connectivity index (χ1n) is 3.44. The maximum atomic E-state index is 8.81. The average molecular weight is 230 g/mol. The molecule has 78 valence electrons. The lowest BCUT2D eigenvalue weighted by molar-refractivity contribution is 0.0289. The third-order valence-corrected chi connectivity index (χ3v) is 1.09. The normalized spacial score (nSPS) is 11.2. The van der Waals surface area contributed by atoms with Crippen LogP contribution in [0.25, 0.3) is 0 Å². The van der Waals surface area contributed by atoms with E-state index in [2.05, 4.69) is 5.16 Å². The minimum absolute atomic E-state index is 0. The Bertz CT molecular complexity index is 192. The standard InChI is InChI=1S/C7H11NO3.2ClH/c1-6(9)4-10-5-7-2-3-8-11-7;;/h2-3,6,9H,4-5H2,1H3;2*1H. The summed E-state index contributed by atoms with van der Waals surface area (Å²) in [4.78, 5) is 0. The number of aliphatic hydroxyl groups excluding tert-OH is 1. The third-order valence-electron chi connectivity index (χ3n) is 1.09. The Morgan fingerprint density at radius 2 is 2.31 bits per heavy atom. The molecule has 0 fully saturated rings. The highest BCUT2D eigenvalue weighted by molar-refractivity contribution is 5.85.